The molecule has 2 unspecified atom stereocenters. The molecule has 19 heavy (non-hydrogen) atoms. The van der Waals surface area contributed by atoms with Crippen LogP contribution in [0.3, 0.4) is 0 Å². The maximum Gasteiger partial charge on any atom is 0.274 e. The molecule has 0 spiro atoms. The summed E-state index contributed by atoms with van der Waals surface area (Å²) in [5.74, 6) is 0.280. The Morgan fingerprint density at radius 3 is 2.74 bits per heavy atom. The number of alkyl halides is 1. The molecule has 1 aromatic rings. The Morgan fingerprint density at radius 2 is 2.00 bits per heavy atom. The Hall–Kier alpha value is -0.800. The molecular weight excluding hydrogens is 285 g/mol. The molecule has 3 nitrogen and oxygen atoms in total. The summed E-state index contributed by atoms with van der Waals surface area (Å²) in [5, 5.41) is 11.6. The van der Waals surface area contributed by atoms with Crippen LogP contribution in [0, 0.1) is 16.0 Å². The molecule has 0 heterocycles. The van der Waals surface area contributed by atoms with Crippen LogP contribution in [0.5, 0.6) is 0 Å². The van der Waals surface area contributed by atoms with Gasteiger partial charge in [0.05, 0.1) is 9.95 Å². The summed E-state index contributed by atoms with van der Waals surface area (Å²) in [6.07, 6.45) is 6.11. The lowest BCUT2D eigenvalue weighted by atomic mass is 9.91. The molecule has 1 saturated carbocycles. The van der Waals surface area contributed by atoms with E-state index in [1.54, 1.807) is 12.1 Å². The number of nitro groups is 1. The van der Waals surface area contributed by atoms with E-state index in [0.29, 0.717) is 17.0 Å². The third kappa shape index (κ3) is 3.61. The first-order valence-corrected chi connectivity index (χ1v) is 7.47. The minimum absolute atomic E-state index is 0.0957. The highest BCUT2D eigenvalue weighted by Gasteiger charge is 2.26. The van der Waals surface area contributed by atoms with Crippen molar-refractivity contribution < 1.29 is 4.92 Å². The standard InChI is InChI=1S/C14H17Cl2NO2/c15-12-6-3-1-2-5-10(12)9-11-13(16)7-4-8-14(11)17(18)19/h4,7-8,10,12H,1-3,5-6,9H2. The maximum atomic E-state index is 11.1. The zero-order valence-electron chi connectivity index (χ0n) is 10.6. The van der Waals surface area contributed by atoms with Gasteiger partial charge in [0.15, 0.2) is 0 Å². The molecule has 0 aromatic heterocycles. The normalized spacial score (nSPS) is 23.9. The van der Waals surface area contributed by atoms with Crippen LogP contribution in [0.4, 0.5) is 5.69 Å². The lowest BCUT2D eigenvalue weighted by Gasteiger charge is -2.20. The summed E-state index contributed by atoms with van der Waals surface area (Å²) in [7, 11) is 0. The second kappa shape index (κ2) is 6.58. The smallest absolute Gasteiger partial charge is 0.258 e. The Bertz CT molecular complexity index is 465. The predicted molar refractivity (Wildman–Crippen MR) is 78.0 cm³/mol. The van der Waals surface area contributed by atoms with Crippen LogP contribution >= 0.6 is 23.2 Å². The van der Waals surface area contributed by atoms with E-state index in [2.05, 4.69) is 0 Å². The summed E-state index contributed by atoms with van der Waals surface area (Å²) in [5.41, 5.74) is 0.743. The van der Waals surface area contributed by atoms with Crippen LogP contribution in [0.1, 0.15) is 37.7 Å². The third-order valence-corrected chi connectivity index (χ3v) is 4.75. The molecule has 2 atom stereocenters. The van der Waals surface area contributed by atoms with Crippen molar-refractivity contribution in [3.63, 3.8) is 0 Å². The number of hydrogen-bond donors (Lipinski definition) is 0. The van der Waals surface area contributed by atoms with E-state index in [9.17, 15) is 10.1 Å². The Kier molecular flexibility index (Phi) is 5.06. The molecular formula is C14H17Cl2NO2. The minimum atomic E-state index is -0.360. The molecule has 1 aromatic carbocycles. The van der Waals surface area contributed by atoms with Gasteiger partial charge in [0.1, 0.15) is 0 Å². The molecule has 1 fully saturated rings. The quantitative estimate of drug-likeness (QED) is 0.342. The molecule has 0 bridgehead atoms. The first-order chi connectivity index (χ1) is 9.09. The van der Waals surface area contributed by atoms with Gasteiger partial charge >= 0.3 is 0 Å². The van der Waals surface area contributed by atoms with Gasteiger partial charge in [-0.05, 0) is 31.2 Å². The lowest BCUT2D eigenvalue weighted by Crippen LogP contribution is -2.17. The molecule has 0 saturated heterocycles. The first kappa shape index (κ1) is 14.6. The van der Waals surface area contributed by atoms with Crippen LogP contribution in [0.2, 0.25) is 5.02 Å². The SMILES string of the molecule is O=[N+]([O-])c1cccc(Cl)c1CC1CCCCCC1Cl. The van der Waals surface area contributed by atoms with Crippen molar-refractivity contribution >= 4 is 28.9 Å². The fraction of sp³-hybridized carbons (Fsp3) is 0.571. The van der Waals surface area contributed by atoms with Crippen LogP contribution < -0.4 is 0 Å². The number of benzene rings is 1. The van der Waals surface area contributed by atoms with Gasteiger partial charge in [0.2, 0.25) is 0 Å². The zero-order valence-corrected chi connectivity index (χ0v) is 12.2. The molecule has 0 aliphatic heterocycles. The molecule has 1 aliphatic carbocycles. The largest absolute Gasteiger partial charge is 0.274 e. The molecule has 0 radical (unpaired) electrons. The molecule has 0 amide bonds. The number of hydrogen-bond acceptors (Lipinski definition) is 2. The summed E-state index contributed by atoms with van der Waals surface area (Å²) in [6.45, 7) is 0. The summed E-state index contributed by atoms with van der Waals surface area (Å²) < 4.78 is 0. The number of nitrogens with zero attached hydrogens (tertiary/aromatic N) is 1. The zero-order chi connectivity index (χ0) is 13.8. The van der Waals surface area contributed by atoms with E-state index in [4.69, 9.17) is 23.2 Å². The molecule has 2 rings (SSSR count). The van der Waals surface area contributed by atoms with Crippen LogP contribution in [0.15, 0.2) is 18.2 Å². The summed E-state index contributed by atoms with van der Waals surface area (Å²) >= 11 is 12.5. The first-order valence-electron chi connectivity index (χ1n) is 6.65. The van der Waals surface area contributed by atoms with Crippen LogP contribution in [-0.4, -0.2) is 10.3 Å². The van der Waals surface area contributed by atoms with Crippen molar-refractivity contribution in [2.45, 2.75) is 43.9 Å². The molecule has 5 heteroatoms. The van der Waals surface area contributed by atoms with E-state index in [1.807, 2.05) is 0 Å². The molecule has 104 valence electrons. The van der Waals surface area contributed by atoms with Gasteiger partial charge in [-0.25, -0.2) is 0 Å². The Balaban J connectivity index is 2.24. The van der Waals surface area contributed by atoms with Gasteiger partial charge in [0, 0.05) is 17.0 Å². The highest BCUT2D eigenvalue weighted by Crippen LogP contribution is 2.35. The number of halogens is 2. The number of nitro benzene ring substituents is 1. The molecule has 0 N–H and O–H groups in total. The van der Waals surface area contributed by atoms with Gasteiger partial charge in [-0.1, -0.05) is 36.9 Å². The second-order valence-electron chi connectivity index (χ2n) is 5.11. The lowest BCUT2D eigenvalue weighted by molar-refractivity contribution is -0.385. The van der Waals surface area contributed by atoms with Gasteiger partial charge in [-0.3, -0.25) is 10.1 Å². The summed E-state index contributed by atoms with van der Waals surface area (Å²) in [6, 6.07) is 4.85. The average molecular weight is 302 g/mol. The van der Waals surface area contributed by atoms with Crippen molar-refractivity contribution in [3.05, 3.63) is 38.9 Å². The second-order valence-corrected chi connectivity index (χ2v) is 6.08. The van der Waals surface area contributed by atoms with Crippen LogP contribution in [0.25, 0.3) is 0 Å². The van der Waals surface area contributed by atoms with E-state index in [-0.39, 0.29) is 21.9 Å². The van der Waals surface area contributed by atoms with E-state index in [0.717, 1.165) is 25.7 Å². The Labute approximate surface area is 123 Å². The predicted octanol–water partition coefficient (Wildman–Crippen LogP) is 4.98. The van der Waals surface area contributed by atoms with Gasteiger partial charge < -0.3 is 0 Å². The maximum absolute atomic E-state index is 11.1. The highest BCUT2D eigenvalue weighted by molar-refractivity contribution is 6.31. The van der Waals surface area contributed by atoms with Crippen molar-refractivity contribution in [3.8, 4) is 0 Å². The third-order valence-electron chi connectivity index (χ3n) is 3.82. The van der Waals surface area contributed by atoms with Gasteiger partial charge in [0.25, 0.3) is 5.69 Å². The van der Waals surface area contributed by atoms with E-state index < -0.39 is 0 Å². The fourth-order valence-corrected chi connectivity index (χ4v) is 3.37. The fourth-order valence-electron chi connectivity index (χ4n) is 2.75. The van der Waals surface area contributed by atoms with E-state index >= 15 is 0 Å². The van der Waals surface area contributed by atoms with Crippen molar-refractivity contribution in [2.24, 2.45) is 5.92 Å². The average Bonchev–Trinajstić information content (AvgIpc) is 2.57. The topological polar surface area (TPSA) is 43.1 Å². The van der Waals surface area contributed by atoms with Crippen molar-refractivity contribution in [2.75, 3.05) is 0 Å². The van der Waals surface area contributed by atoms with E-state index in [1.165, 1.54) is 12.5 Å². The monoisotopic (exact) mass is 301 g/mol. The van der Waals surface area contributed by atoms with Gasteiger partial charge in [-0.15, -0.1) is 11.6 Å². The van der Waals surface area contributed by atoms with Crippen LogP contribution in [-0.2, 0) is 6.42 Å². The molecule has 1 aliphatic rings. The van der Waals surface area contributed by atoms with Gasteiger partial charge in [-0.2, -0.15) is 0 Å². The number of rotatable bonds is 3. The van der Waals surface area contributed by atoms with Crippen molar-refractivity contribution in [1.82, 2.24) is 0 Å². The minimum Gasteiger partial charge on any atom is -0.258 e. The highest BCUT2D eigenvalue weighted by atomic mass is 35.5. The Morgan fingerprint density at radius 1 is 1.26 bits per heavy atom. The van der Waals surface area contributed by atoms with Crippen molar-refractivity contribution in [1.29, 1.82) is 0 Å². The summed E-state index contributed by atoms with van der Waals surface area (Å²) in [4.78, 5) is 10.7.